The molecule has 34 heavy (non-hydrogen) atoms. The van der Waals surface area contributed by atoms with Crippen molar-refractivity contribution < 1.29 is 14.3 Å². The summed E-state index contributed by atoms with van der Waals surface area (Å²) in [4.78, 5) is 35.2. The topological polar surface area (TPSA) is 87.3 Å². The molecule has 1 spiro atoms. The summed E-state index contributed by atoms with van der Waals surface area (Å²) >= 11 is 0. The molecular formula is C27H38N4O3. The first kappa shape index (κ1) is 24.3. The van der Waals surface area contributed by atoms with E-state index in [4.69, 9.17) is 4.74 Å². The minimum Gasteiger partial charge on any atom is -0.491 e. The molecule has 1 atom stereocenters. The Kier molecular flexibility index (Phi) is 7.91. The van der Waals surface area contributed by atoms with Gasteiger partial charge >= 0.3 is 0 Å². The Morgan fingerprint density at radius 3 is 2.71 bits per heavy atom. The summed E-state index contributed by atoms with van der Waals surface area (Å²) < 4.78 is 6.25. The Labute approximate surface area is 202 Å². The maximum Gasteiger partial charge on any atom is 0.271 e. The summed E-state index contributed by atoms with van der Waals surface area (Å²) in [7, 11) is 0. The lowest BCUT2D eigenvalue weighted by Gasteiger charge is -2.41. The molecule has 0 bridgehead atoms. The van der Waals surface area contributed by atoms with Crippen molar-refractivity contribution >= 4 is 11.8 Å². The van der Waals surface area contributed by atoms with Gasteiger partial charge in [-0.2, -0.15) is 0 Å². The third-order valence-corrected chi connectivity index (χ3v) is 7.32. The van der Waals surface area contributed by atoms with Gasteiger partial charge < -0.3 is 19.9 Å². The zero-order valence-electron chi connectivity index (χ0n) is 20.5. The summed E-state index contributed by atoms with van der Waals surface area (Å²) in [6, 6.07) is 8.24. The van der Waals surface area contributed by atoms with Crippen LogP contribution in [0.25, 0.3) is 0 Å². The molecule has 0 radical (unpaired) electrons. The van der Waals surface area contributed by atoms with Crippen molar-refractivity contribution in [1.29, 1.82) is 0 Å². The fraction of sp³-hybridized carbons (Fsp3) is 0.593. The summed E-state index contributed by atoms with van der Waals surface area (Å²) in [5, 5.41) is 3.37. The third kappa shape index (κ3) is 5.80. The number of amides is 2. The van der Waals surface area contributed by atoms with Gasteiger partial charge in [-0.15, -0.1) is 0 Å². The number of H-pyrrole nitrogens is 1. The number of ether oxygens (including phenoxy) is 1. The van der Waals surface area contributed by atoms with Crippen LogP contribution in [-0.2, 0) is 11.2 Å². The number of para-hydroxylation sites is 1. The summed E-state index contributed by atoms with van der Waals surface area (Å²) in [5.74, 6) is 1.47. The molecule has 0 aliphatic carbocycles. The van der Waals surface area contributed by atoms with Gasteiger partial charge in [0.15, 0.2) is 0 Å². The smallest absolute Gasteiger partial charge is 0.271 e. The van der Waals surface area contributed by atoms with E-state index < -0.39 is 5.41 Å². The largest absolute Gasteiger partial charge is 0.491 e. The van der Waals surface area contributed by atoms with Gasteiger partial charge in [-0.25, -0.2) is 4.98 Å². The van der Waals surface area contributed by atoms with E-state index >= 15 is 0 Å². The van der Waals surface area contributed by atoms with Crippen LogP contribution >= 0.6 is 0 Å². The number of benzene rings is 1. The molecule has 2 aliphatic rings. The maximum absolute atomic E-state index is 13.7. The van der Waals surface area contributed by atoms with E-state index in [9.17, 15) is 9.59 Å². The Morgan fingerprint density at radius 1 is 1.18 bits per heavy atom. The molecule has 2 amide bonds. The second kappa shape index (κ2) is 11.1. The van der Waals surface area contributed by atoms with Crippen molar-refractivity contribution in [1.82, 2.24) is 20.2 Å². The highest BCUT2D eigenvalue weighted by atomic mass is 16.5. The van der Waals surface area contributed by atoms with Crippen LogP contribution in [0.4, 0.5) is 0 Å². The van der Waals surface area contributed by atoms with Crippen LogP contribution in [0.1, 0.15) is 74.8 Å². The molecule has 3 heterocycles. The molecular weight excluding hydrogens is 428 g/mol. The molecule has 0 unspecified atom stereocenters. The first-order chi connectivity index (χ1) is 16.5. The van der Waals surface area contributed by atoms with Gasteiger partial charge in [0.2, 0.25) is 5.91 Å². The number of hydrogen-bond acceptors (Lipinski definition) is 4. The van der Waals surface area contributed by atoms with Crippen molar-refractivity contribution in [3.63, 3.8) is 0 Å². The fourth-order valence-corrected chi connectivity index (χ4v) is 5.34. The molecule has 2 aromatic rings. The van der Waals surface area contributed by atoms with Gasteiger partial charge in [-0.1, -0.05) is 44.9 Å². The Bertz CT molecular complexity index is 949. The standard InChI is InChI=1S/C27H38N4O3/c1-20(2)16-22-18-34-24-10-6-5-9-21(24)8-4-3-7-11-27(26(33)30-22)12-14-31(15-13-27)25(32)23-17-28-19-29-23/h5-6,9-10,17,19-20,22H,3-4,7-8,11-16,18H2,1-2H3,(H,28,29)(H,30,33)/t22-/m0/s1. The number of piperidine rings is 1. The third-order valence-electron chi connectivity index (χ3n) is 7.32. The number of aromatic amines is 1. The molecule has 1 saturated heterocycles. The molecule has 184 valence electrons. The molecule has 1 aromatic heterocycles. The number of nitrogens with one attached hydrogen (secondary N) is 2. The molecule has 0 saturated carbocycles. The number of imidazole rings is 1. The summed E-state index contributed by atoms with van der Waals surface area (Å²) in [5.41, 5.74) is 1.32. The average Bonchev–Trinajstić information content (AvgIpc) is 3.37. The number of nitrogens with zero attached hydrogens (tertiary/aromatic N) is 2. The maximum atomic E-state index is 13.7. The van der Waals surface area contributed by atoms with Gasteiger partial charge in [0, 0.05) is 13.1 Å². The lowest BCUT2D eigenvalue weighted by molar-refractivity contribution is -0.135. The Balaban J connectivity index is 1.49. The molecule has 7 nitrogen and oxygen atoms in total. The van der Waals surface area contributed by atoms with Gasteiger partial charge in [0.25, 0.3) is 5.91 Å². The zero-order chi connectivity index (χ0) is 24.0. The normalized spacial score (nSPS) is 21.6. The van der Waals surface area contributed by atoms with Crippen molar-refractivity contribution in [2.45, 2.75) is 71.3 Å². The quantitative estimate of drug-likeness (QED) is 0.704. The van der Waals surface area contributed by atoms with Crippen LogP contribution in [0.5, 0.6) is 5.75 Å². The van der Waals surface area contributed by atoms with Crippen molar-refractivity contribution in [3.05, 3.63) is 48.0 Å². The minimum atomic E-state index is -0.430. The van der Waals surface area contributed by atoms with E-state index in [2.05, 4.69) is 41.3 Å². The molecule has 2 aliphatic heterocycles. The van der Waals surface area contributed by atoms with Crippen LogP contribution in [-0.4, -0.2) is 52.4 Å². The van der Waals surface area contributed by atoms with Crippen LogP contribution in [0.15, 0.2) is 36.8 Å². The molecule has 1 aromatic carbocycles. The van der Waals surface area contributed by atoms with Crippen molar-refractivity contribution in [2.75, 3.05) is 19.7 Å². The Morgan fingerprint density at radius 2 is 1.97 bits per heavy atom. The van der Waals surface area contributed by atoms with Gasteiger partial charge in [-0.3, -0.25) is 9.59 Å². The van der Waals surface area contributed by atoms with E-state index in [0.717, 1.165) is 44.3 Å². The summed E-state index contributed by atoms with van der Waals surface area (Å²) in [6.07, 6.45) is 10.4. The summed E-state index contributed by atoms with van der Waals surface area (Å²) in [6.45, 7) is 6.00. The van der Waals surface area contributed by atoms with Crippen molar-refractivity contribution in [3.8, 4) is 5.75 Å². The number of rotatable bonds is 3. The predicted octanol–water partition coefficient (Wildman–Crippen LogP) is 4.36. The van der Waals surface area contributed by atoms with Gasteiger partial charge in [0.05, 0.1) is 24.0 Å². The first-order valence-electron chi connectivity index (χ1n) is 12.8. The highest BCUT2D eigenvalue weighted by molar-refractivity contribution is 5.92. The van der Waals surface area contributed by atoms with E-state index in [-0.39, 0.29) is 17.9 Å². The number of hydrogen-bond donors (Lipinski definition) is 2. The number of likely N-dealkylation sites (tertiary alicyclic amines) is 1. The van der Waals surface area contributed by atoms with Crippen LogP contribution in [0.2, 0.25) is 0 Å². The van der Waals surface area contributed by atoms with Crippen LogP contribution < -0.4 is 10.1 Å². The SMILES string of the molecule is CC(C)C[C@H]1COc2ccccc2CCCCCC2(CCN(C(=O)c3cnc[nH]3)CC2)C(=O)N1. The minimum absolute atomic E-state index is 0.0390. The highest BCUT2D eigenvalue weighted by Gasteiger charge is 2.42. The van der Waals surface area contributed by atoms with E-state index in [0.29, 0.717) is 44.1 Å². The second-order valence-electron chi connectivity index (χ2n) is 10.3. The molecule has 4 rings (SSSR count). The highest BCUT2D eigenvalue weighted by Crippen LogP contribution is 2.38. The number of aryl methyl sites for hydroxylation is 1. The van der Waals surface area contributed by atoms with E-state index in [1.807, 2.05) is 17.0 Å². The second-order valence-corrected chi connectivity index (χ2v) is 10.3. The van der Waals surface area contributed by atoms with E-state index in [1.165, 1.54) is 11.9 Å². The first-order valence-corrected chi connectivity index (χ1v) is 12.8. The average molecular weight is 467 g/mol. The fourth-order valence-electron chi connectivity index (χ4n) is 5.34. The van der Waals surface area contributed by atoms with E-state index in [1.54, 1.807) is 6.20 Å². The zero-order valence-corrected chi connectivity index (χ0v) is 20.5. The number of aromatic nitrogens is 2. The monoisotopic (exact) mass is 466 g/mol. The molecule has 2 N–H and O–H groups in total. The lowest BCUT2D eigenvalue weighted by atomic mass is 9.73. The van der Waals surface area contributed by atoms with Gasteiger partial charge in [-0.05, 0) is 56.1 Å². The predicted molar refractivity (Wildman–Crippen MR) is 132 cm³/mol. The number of carbonyl (C=O) groups is 2. The van der Waals surface area contributed by atoms with Crippen LogP contribution in [0, 0.1) is 11.3 Å². The molecule has 1 fully saturated rings. The van der Waals surface area contributed by atoms with Crippen molar-refractivity contribution in [2.24, 2.45) is 11.3 Å². The number of carbonyl (C=O) groups excluding carboxylic acids is 2. The number of fused-ring (bicyclic) bond motifs is 1. The Hall–Kier alpha value is -2.83. The molecule has 7 heteroatoms. The van der Waals surface area contributed by atoms with Crippen LogP contribution in [0.3, 0.4) is 0 Å². The van der Waals surface area contributed by atoms with Gasteiger partial charge in [0.1, 0.15) is 18.1 Å². The lowest BCUT2D eigenvalue weighted by Crippen LogP contribution is -2.53.